The van der Waals surface area contributed by atoms with Crippen LogP contribution in [0.1, 0.15) is 16.4 Å². The van der Waals surface area contributed by atoms with Crippen LogP contribution in [0.3, 0.4) is 0 Å². The molecule has 0 saturated heterocycles. The number of hydrogen-bond donors (Lipinski definition) is 1. The highest BCUT2D eigenvalue weighted by Crippen LogP contribution is 2.37. The van der Waals surface area contributed by atoms with Crippen LogP contribution in [0.15, 0.2) is 82.4 Å². The number of fused-ring (bicyclic) bond motifs is 1. The average molecular weight is 404 g/mol. The van der Waals surface area contributed by atoms with Gasteiger partial charge in [-0.2, -0.15) is 0 Å². The monoisotopic (exact) mass is 404 g/mol. The van der Waals surface area contributed by atoms with Crippen LogP contribution in [0.5, 0.6) is 5.75 Å². The van der Waals surface area contributed by atoms with E-state index in [1.54, 1.807) is 13.2 Å². The number of aryl methyl sites for hydroxylation is 1. The summed E-state index contributed by atoms with van der Waals surface area (Å²) in [6, 6.07) is 22.7. The molecule has 4 aromatic rings. The Kier molecular flexibility index (Phi) is 5.53. The van der Waals surface area contributed by atoms with Crippen molar-refractivity contribution in [3.05, 3.63) is 83.9 Å². The molecule has 0 saturated carbocycles. The molecule has 1 heterocycles. The van der Waals surface area contributed by atoms with Crippen molar-refractivity contribution in [1.29, 1.82) is 0 Å². The van der Waals surface area contributed by atoms with Crippen molar-refractivity contribution >= 4 is 34.5 Å². The zero-order valence-corrected chi connectivity index (χ0v) is 16.9. The zero-order chi connectivity index (χ0) is 20.2. The number of hydrogen-bond acceptors (Lipinski definition) is 5. The molecule has 29 heavy (non-hydrogen) atoms. The molecule has 1 aromatic heterocycles. The number of ether oxygens (including phenoxy) is 1. The van der Waals surface area contributed by atoms with E-state index in [9.17, 15) is 4.79 Å². The van der Waals surface area contributed by atoms with Gasteiger partial charge in [0.1, 0.15) is 16.5 Å². The molecule has 0 aliphatic heterocycles. The maximum atomic E-state index is 13.1. The van der Waals surface area contributed by atoms with E-state index in [-0.39, 0.29) is 5.91 Å². The van der Waals surface area contributed by atoms with Crippen molar-refractivity contribution in [1.82, 2.24) is 4.98 Å². The second-order valence-electron chi connectivity index (χ2n) is 6.58. The molecule has 4 rings (SSSR count). The number of nitrogens with one attached hydrogen (secondary N) is 1. The number of amides is 1. The maximum absolute atomic E-state index is 13.1. The highest BCUT2D eigenvalue weighted by atomic mass is 32.2. The van der Waals surface area contributed by atoms with Crippen LogP contribution in [0.2, 0.25) is 0 Å². The smallest absolute Gasteiger partial charge is 0.257 e. The first-order chi connectivity index (χ1) is 14.1. The first-order valence-electron chi connectivity index (χ1n) is 9.16. The minimum Gasteiger partial charge on any atom is -0.497 e. The third kappa shape index (κ3) is 4.43. The molecule has 0 aliphatic carbocycles. The van der Waals surface area contributed by atoms with E-state index in [0.29, 0.717) is 22.2 Å². The van der Waals surface area contributed by atoms with Gasteiger partial charge in [-0.15, -0.1) is 0 Å². The van der Waals surface area contributed by atoms with Gasteiger partial charge in [0.15, 0.2) is 5.58 Å². The van der Waals surface area contributed by atoms with Gasteiger partial charge in [0.05, 0.1) is 7.11 Å². The summed E-state index contributed by atoms with van der Waals surface area (Å²) in [5, 5.41) is 2.91. The molecule has 0 aliphatic rings. The number of thioether (sulfide) groups is 1. The van der Waals surface area contributed by atoms with Crippen molar-refractivity contribution in [3.8, 4) is 5.75 Å². The molecule has 146 valence electrons. The Hall–Kier alpha value is -3.25. The minimum atomic E-state index is -0.517. The molecule has 1 unspecified atom stereocenters. The molecule has 1 N–H and O–H groups in total. The summed E-state index contributed by atoms with van der Waals surface area (Å²) in [4.78, 5) is 17.7. The van der Waals surface area contributed by atoms with E-state index in [0.717, 1.165) is 16.6 Å². The van der Waals surface area contributed by atoms with Gasteiger partial charge in [-0.25, -0.2) is 4.98 Å². The van der Waals surface area contributed by atoms with E-state index in [2.05, 4.69) is 10.3 Å². The van der Waals surface area contributed by atoms with Crippen LogP contribution in [0.25, 0.3) is 11.1 Å². The molecule has 0 fully saturated rings. The van der Waals surface area contributed by atoms with E-state index in [1.165, 1.54) is 11.8 Å². The number of carbonyl (C=O) groups is 1. The Morgan fingerprint density at radius 2 is 1.90 bits per heavy atom. The molecule has 0 bridgehead atoms. The van der Waals surface area contributed by atoms with E-state index < -0.39 is 5.25 Å². The lowest BCUT2D eigenvalue weighted by molar-refractivity contribution is -0.115. The van der Waals surface area contributed by atoms with E-state index in [1.807, 2.05) is 73.7 Å². The largest absolute Gasteiger partial charge is 0.497 e. The van der Waals surface area contributed by atoms with Crippen LogP contribution >= 0.6 is 11.8 Å². The summed E-state index contributed by atoms with van der Waals surface area (Å²) in [7, 11) is 1.60. The van der Waals surface area contributed by atoms with Gasteiger partial charge in [-0.3, -0.25) is 4.79 Å². The number of benzene rings is 3. The zero-order valence-electron chi connectivity index (χ0n) is 16.1. The fraction of sp³-hybridized carbons (Fsp3) is 0.130. The standard InChI is InChI=1S/C23H20N2O3S/c1-15-11-12-20-19(13-15)25-23(28-20)29-21(16-7-4-3-5-8-16)22(26)24-17-9-6-10-18(14-17)27-2/h3-14,21H,1-2H3,(H,24,26). The Balaban J connectivity index is 1.62. The Bertz CT molecular complexity index is 1140. The van der Waals surface area contributed by atoms with Crippen molar-refractivity contribution in [2.45, 2.75) is 17.4 Å². The molecule has 6 heteroatoms. The third-order valence-corrected chi connectivity index (χ3v) is 5.52. The number of carbonyl (C=O) groups excluding carboxylic acids is 1. The van der Waals surface area contributed by atoms with Gasteiger partial charge in [0.25, 0.3) is 5.22 Å². The first kappa shape index (κ1) is 19.1. The number of aromatic nitrogens is 1. The Morgan fingerprint density at radius 3 is 2.69 bits per heavy atom. The number of oxazole rings is 1. The van der Waals surface area contributed by atoms with Gasteiger partial charge < -0.3 is 14.5 Å². The topological polar surface area (TPSA) is 64.4 Å². The SMILES string of the molecule is COc1cccc(NC(=O)C(Sc2nc3cc(C)ccc3o2)c2ccccc2)c1. The molecule has 3 aromatic carbocycles. The summed E-state index contributed by atoms with van der Waals surface area (Å²) in [6.07, 6.45) is 0. The number of nitrogens with zero attached hydrogens (tertiary/aromatic N) is 1. The number of anilines is 1. The fourth-order valence-corrected chi connectivity index (χ4v) is 3.93. The average Bonchev–Trinajstić information content (AvgIpc) is 3.14. The molecule has 1 amide bonds. The van der Waals surface area contributed by atoms with Crippen molar-refractivity contribution in [3.63, 3.8) is 0 Å². The Morgan fingerprint density at radius 1 is 1.07 bits per heavy atom. The number of rotatable bonds is 6. The van der Waals surface area contributed by atoms with Gasteiger partial charge >= 0.3 is 0 Å². The van der Waals surface area contributed by atoms with E-state index in [4.69, 9.17) is 9.15 Å². The lowest BCUT2D eigenvalue weighted by atomic mass is 10.1. The molecular weight excluding hydrogens is 384 g/mol. The Labute approximate surface area is 173 Å². The molecule has 0 radical (unpaired) electrons. The predicted molar refractivity (Wildman–Crippen MR) is 115 cm³/mol. The summed E-state index contributed by atoms with van der Waals surface area (Å²) < 4.78 is 11.1. The van der Waals surface area contributed by atoms with Gasteiger partial charge in [-0.05, 0) is 54.1 Å². The van der Waals surface area contributed by atoms with Crippen molar-refractivity contribution in [2.24, 2.45) is 0 Å². The molecule has 1 atom stereocenters. The van der Waals surface area contributed by atoms with Crippen LogP contribution in [-0.2, 0) is 4.79 Å². The highest BCUT2D eigenvalue weighted by molar-refractivity contribution is 8.00. The predicted octanol–water partition coefficient (Wildman–Crippen LogP) is 5.62. The van der Waals surface area contributed by atoms with Crippen LogP contribution < -0.4 is 10.1 Å². The second kappa shape index (κ2) is 8.41. The van der Waals surface area contributed by atoms with Gasteiger partial charge in [0, 0.05) is 11.8 Å². The fourth-order valence-electron chi connectivity index (χ4n) is 2.98. The summed E-state index contributed by atoms with van der Waals surface area (Å²) in [5.74, 6) is 0.522. The van der Waals surface area contributed by atoms with Gasteiger partial charge in [-0.1, -0.05) is 42.5 Å². The quantitative estimate of drug-likeness (QED) is 0.423. The second-order valence-corrected chi connectivity index (χ2v) is 7.64. The first-order valence-corrected chi connectivity index (χ1v) is 10.0. The van der Waals surface area contributed by atoms with E-state index >= 15 is 0 Å². The van der Waals surface area contributed by atoms with Crippen LogP contribution in [0.4, 0.5) is 5.69 Å². The summed E-state index contributed by atoms with van der Waals surface area (Å²) >= 11 is 1.29. The summed E-state index contributed by atoms with van der Waals surface area (Å²) in [6.45, 7) is 2.01. The van der Waals surface area contributed by atoms with Crippen molar-refractivity contribution in [2.75, 3.05) is 12.4 Å². The highest BCUT2D eigenvalue weighted by Gasteiger charge is 2.25. The van der Waals surface area contributed by atoms with Gasteiger partial charge in [0.2, 0.25) is 5.91 Å². The molecular formula is C23H20N2O3S. The number of methoxy groups -OCH3 is 1. The molecule has 0 spiro atoms. The van der Waals surface area contributed by atoms with Crippen LogP contribution in [-0.4, -0.2) is 18.0 Å². The van der Waals surface area contributed by atoms with Crippen LogP contribution in [0, 0.1) is 6.92 Å². The maximum Gasteiger partial charge on any atom is 0.257 e. The normalized spacial score (nSPS) is 11.9. The lowest BCUT2D eigenvalue weighted by Gasteiger charge is -2.15. The molecule has 5 nitrogen and oxygen atoms in total. The lowest BCUT2D eigenvalue weighted by Crippen LogP contribution is -2.19. The summed E-state index contributed by atoms with van der Waals surface area (Å²) in [5.41, 5.74) is 4.14. The minimum absolute atomic E-state index is 0.159. The third-order valence-electron chi connectivity index (χ3n) is 4.42. The van der Waals surface area contributed by atoms with Crippen molar-refractivity contribution < 1.29 is 13.9 Å².